The minimum atomic E-state index is -3.70. The number of nitrogens with one attached hydrogen (secondary N) is 1. The Morgan fingerprint density at radius 3 is 2.36 bits per heavy atom. The number of hydrogen-bond donors (Lipinski definition) is 2. The molecule has 7 heteroatoms. The van der Waals surface area contributed by atoms with E-state index in [0.717, 1.165) is 11.5 Å². The molecule has 0 saturated heterocycles. The molecule has 2 N–H and O–H groups in total. The summed E-state index contributed by atoms with van der Waals surface area (Å²) in [4.78, 5) is 12.9. The summed E-state index contributed by atoms with van der Waals surface area (Å²) in [5.41, 5.74) is 0.318. The van der Waals surface area contributed by atoms with Crippen molar-refractivity contribution in [1.82, 2.24) is 5.32 Å². The van der Waals surface area contributed by atoms with Crippen molar-refractivity contribution < 1.29 is 18.3 Å². The number of aromatic hydroxyl groups is 1. The molecule has 2 aromatic rings. The van der Waals surface area contributed by atoms with E-state index in [9.17, 15) is 18.3 Å². The highest BCUT2D eigenvalue weighted by molar-refractivity contribution is 7.94. The van der Waals surface area contributed by atoms with E-state index in [1.165, 1.54) is 12.1 Å². The number of nitriles is 1. The third-order valence-electron chi connectivity index (χ3n) is 4.54. The fourth-order valence-electron chi connectivity index (χ4n) is 2.70. The number of nitrogens with zero attached hydrogens (tertiary/aromatic N) is 1. The summed E-state index contributed by atoms with van der Waals surface area (Å²) in [6, 6.07) is 14.0. The number of rotatable bonds is 6. The van der Waals surface area contributed by atoms with E-state index in [4.69, 9.17) is 5.26 Å². The van der Waals surface area contributed by atoms with Crippen molar-refractivity contribution in [3.63, 3.8) is 0 Å². The lowest BCUT2D eigenvalue weighted by atomic mass is 9.83. The van der Waals surface area contributed by atoms with Crippen LogP contribution in [0, 0.1) is 11.3 Å². The quantitative estimate of drug-likeness (QED) is 0.726. The van der Waals surface area contributed by atoms with Crippen molar-refractivity contribution in [2.75, 3.05) is 0 Å². The van der Waals surface area contributed by atoms with Gasteiger partial charge < -0.3 is 10.4 Å². The van der Waals surface area contributed by atoms with Gasteiger partial charge in [-0.05, 0) is 44.5 Å². The summed E-state index contributed by atoms with van der Waals surface area (Å²) in [5, 5.41) is 22.2. The molecule has 0 bridgehead atoms. The van der Waals surface area contributed by atoms with E-state index < -0.39 is 21.3 Å². The Hall–Kier alpha value is -3.11. The first-order valence-corrected chi connectivity index (χ1v) is 10.1. The molecule has 0 spiro atoms. The number of para-hydroxylation sites is 1. The van der Waals surface area contributed by atoms with Crippen LogP contribution in [-0.2, 0) is 20.0 Å². The van der Waals surface area contributed by atoms with E-state index >= 15 is 0 Å². The van der Waals surface area contributed by atoms with Gasteiger partial charge in [-0.1, -0.05) is 30.3 Å². The van der Waals surface area contributed by atoms with Crippen molar-refractivity contribution in [3.8, 4) is 11.8 Å². The number of benzene rings is 2. The van der Waals surface area contributed by atoms with Gasteiger partial charge in [0.2, 0.25) is 15.7 Å². The topological polar surface area (TPSA) is 107 Å². The SMILES string of the molecule is C[C@H](NC(=O)C(C)(C)c1ccc(S(=O)(=O)/C=C/C#N)cc1)c1ccccc1O. The summed E-state index contributed by atoms with van der Waals surface area (Å²) in [6.07, 6.45) is 0.904. The average molecular weight is 398 g/mol. The van der Waals surface area contributed by atoms with E-state index in [2.05, 4.69) is 5.32 Å². The largest absolute Gasteiger partial charge is 0.508 e. The van der Waals surface area contributed by atoms with Crippen LogP contribution in [-0.4, -0.2) is 19.4 Å². The van der Waals surface area contributed by atoms with Crippen LogP contribution in [0.4, 0.5) is 0 Å². The molecule has 2 rings (SSSR count). The third-order valence-corrected chi connectivity index (χ3v) is 5.97. The molecule has 0 aliphatic rings. The summed E-state index contributed by atoms with van der Waals surface area (Å²) >= 11 is 0. The standard InChI is InChI=1S/C21H22N2O4S/c1-15(18-7-4-5-8-19(18)24)23-20(25)21(2,3)16-9-11-17(12-10-16)28(26,27)14-6-13-22/h4-12,14-15,24H,1-3H3,(H,23,25)/b14-6+/t15-/m0/s1. The second kappa shape index (κ2) is 8.28. The van der Waals surface area contributed by atoms with E-state index in [1.807, 2.05) is 0 Å². The van der Waals surface area contributed by atoms with Gasteiger partial charge in [0.15, 0.2) is 0 Å². The van der Waals surface area contributed by atoms with Crippen LogP contribution in [0.1, 0.15) is 37.9 Å². The van der Waals surface area contributed by atoms with E-state index in [1.54, 1.807) is 63.2 Å². The van der Waals surface area contributed by atoms with Gasteiger partial charge in [0, 0.05) is 17.0 Å². The molecule has 0 aromatic heterocycles. The van der Waals surface area contributed by atoms with Gasteiger partial charge in [-0.3, -0.25) is 4.79 Å². The zero-order valence-electron chi connectivity index (χ0n) is 15.9. The lowest BCUT2D eigenvalue weighted by molar-refractivity contribution is -0.126. The van der Waals surface area contributed by atoms with Gasteiger partial charge in [-0.15, -0.1) is 0 Å². The Morgan fingerprint density at radius 1 is 1.18 bits per heavy atom. The molecule has 1 atom stereocenters. The van der Waals surface area contributed by atoms with Crippen LogP contribution in [0.2, 0.25) is 0 Å². The van der Waals surface area contributed by atoms with E-state index in [0.29, 0.717) is 11.1 Å². The Kier molecular flexibility index (Phi) is 6.26. The maximum atomic E-state index is 12.8. The molecule has 0 aliphatic heterocycles. The van der Waals surface area contributed by atoms with E-state index in [-0.39, 0.29) is 16.6 Å². The lowest BCUT2D eigenvalue weighted by Gasteiger charge is -2.27. The van der Waals surface area contributed by atoms with Crippen LogP contribution in [0.25, 0.3) is 0 Å². The van der Waals surface area contributed by atoms with Crippen LogP contribution < -0.4 is 5.32 Å². The predicted octanol–water partition coefficient (Wildman–Crippen LogP) is 3.36. The molecule has 6 nitrogen and oxygen atoms in total. The molecular weight excluding hydrogens is 376 g/mol. The molecular formula is C21H22N2O4S. The number of sulfone groups is 1. The van der Waals surface area contributed by atoms with Gasteiger partial charge in [-0.2, -0.15) is 5.26 Å². The summed E-state index contributed by atoms with van der Waals surface area (Å²) in [7, 11) is -3.70. The van der Waals surface area contributed by atoms with Gasteiger partial charge in [0.1, 0.15) is 5.75 Å². The highest BCUT2D eigenvalue weighted by atomic mass is 32.2. The number of allylic oxidation sites excluding steroid dienone is 1. The highest BCUT2D eigenvalue weighted by Gasteiger charge is 2.31. The first kappa shape index (κ1) is 21.2. The van der Waals surface area contributed by atoms with Crippen LogP contribution >= 0.6 is 0 Å². The first-order chi connectivity index (χ1) is 13.1. The molecule has 0 aliphatic carbocycles. The van der Waals surface area contributed by atoms with Crippen LogP contribution in [0.15, 0.2) is 64.9 Å². The lowest BCUT2D eigenvalue weighted by Crippen LogP contribution is -2.41. The van der Waals surface area contributed by atoms with Gasteiger partial charge in [0.05, 0.1) is 22.4 Å². The second-order valence-electron chi connectivity index (χ2n) is 6.88. The summed E-state index contributed by atoms with van der Waals surface area (Å²) < 4.78 is 24.2. The number of hydrogen-bond acceptors (Lipinski definition) is 5. The third kappa shape index (κ3) is 4.59. The highest BCUT2D eigenvalue weighted by Crippen LogP contribution is 2.28. The Labute approximate surface area is 165 Å². The number of carbonyl (C=O) groups excluding carboxylic acids is 1. The van der Waals surface area contributed by atoms with Crippen LogP contribution in [0.5, 0.6) is 5.75 Å². The average Bonchev–Trinajstić information content (AvgIpc) is 2.66. The first-order valence-electron chi connectivity index (χ1n) is 8.60. The Morgan fingerprint density at radius 2 is 1.79 bits per heavy atom. The van der Waals surface area contributed by atoms with Crippen molar-refractivity contribution in [1.29, 1.82) is 5.26 Å². The maximum Gasteiger partial charge on any atom is 0.230 e. The molecule has 2 aromatic carbocycles. The summed E-state index contributed by atoms with van der Waals surface area (Å²) in [5.74, 6) is -0.156. The van der Waals surface area contributed by atoms with Crippen LogP contribution in [0.3, 0.4) is 0 Å². The molecule has 0 radical (unpaired) electrons. The zero-order chi connectivity index (χ0) is 20.9. The van der Waals surface area contributed by atoms with Crippen molar-refractivity contribution in [2.45, 2.75) is 37.1 Å². The number of carbonyl (C=O) groups is 1. The van der Waals surface area contributed by atoms with Crippen molar-refractivity contribution in [3.05, 3.63) is 71.1 Å². The van der Waals surface area contributed by atoms with Gasteiger partial charge in [0.25, 0.3) is 0 Å². The smallest absolute Gasteiger partial charge is 0.230 e. The molecule has 0 unspecified atom stereocenters. The second-order valence-corrected chi connectivity index (χ2v) is 8.71. The summed E-state index contributed by atoms with van der Waals surface area (Å²) in [6.45, 7) is 5.25. The predicted molar refractivity (Wildman–Crippen MR) is 106 cm³/mol. The minimum absolute atomic E-state index is 0.0431. The number of phenols is 1. The molecule has 146 valence electrons. The molecule has 0 saturated carbocycles. The molecule has 0 heterocycles. The molecule has 1 amide bonds. The zero-order valence-corrected chi connectivity index (χ0v) is 16.7. The van der Waals surface area contributed by atoms with Crippen molar-refractivity contribution >= 4 is 15.7 Å². The molecule has 0 fully saturated rings. The fraction of sp³-hybridized carbons (Fsp3) is 0.238. The normalized spacial score (nSPS) is 13.1. The number of amides is 1. The molecule has 28 heavy (non-hydrogen) atoms. The Balaban J connectivity index is 2.22. The fourth-order valence-corrected chi connectivity index (χ4v) is 3.61. The minimum Gasteiger partial charge on any atom is -0.508 e. The number of phenolic OH excluding ortho intramolecular Hbond substituents is 1. The monoisotopic (exact) mass is 398 g/mol. The van der Waals surface area contributed by atoms with Gasteiger partial charge in [-0.25, -0.2) is 8.42 Å². The van der Waals surface area contributed by atoms with Crippen molar-refractivity contribution in [2.24, 2.45) is 0 Å². The van der Waals surface area contributed by atoms with Gasteiger partial charge >= 0.3 is 0 Å². The Bertz CT molecular complexity index is 1030. The maximum absolute atomic E-state index is 12.8.